The minimum atomic E-state index is -3.59. The largest absolute Gasteiger partial charge is 0.479 e. The van der Waals surface area contributed by atoms with Gasteiger partial charge in [0.1, 0.15) is 0 Å². The van der Waals surface area contributed by atoms with Gasteiger partial charge in [-0.15, -0.1) is 0 Å². The minimum absolute atomic E-state index is 0.0838. The average molecular weight is 299 g/mol. The molecule has 1 aliphatic rings. The highest BCUT2D eigenvalue weighted by Gasteiger charge is 2.31. The van der Waals surface area contributed by atoms with Crippen molar-refractivity contribution < 1.29 is 23.1 Å². The summed E-state index contributed by atoms with van der Waals surface area (Å²) in [4.78, 5) is 11.0. The lowest BCUT2D eigenvalue weighted by Crippen LogP contribution is -2.33. The number of rotatable bonds is 5. The van der Waals surface area contributed by atoms with E-state index in [1.165, 1.54) is 6.07 Å². The zero-order valence-electron chi connectivity index (χ0n) is 11.1. The third kappa shape index (κ3) is 3.36. The Labute approximate surface area is 117 Å². The van der Waals surface area contributed by atoms with Crippen LogP contribution in [0, 0.1) is 6.92 Å². The third-order valence-corrected chi connectivity index (χ3v) is 4.85. The number of hydrogen-bond acceptors (Lipinski definition) is 4. The van der Waals surface area contributed by atoms with E-state index in [1.54, 1.807) is 25.1 Å². The molecule has 1 fully saturated rings. The Balaban J connectivity index is 1.98. The molecule has 1 saturated heterocycles. The van der Waals surface area contributed by atoms with Crippen LogP contribution in [0.4, 0.5) is 0 Å². The van der Waals surface area contributed by atoms with Crippen molar-refractivity contribution in [1.82, 2.24) is 4.72 Å². The molecule has 2 rings (SSSR count). The summed E-state index contributed by atoms with van der Waals surface area (Å²) in [6.07, 6.45) is -0.280. The summed E-state index contributed by atoms with van der Waals surface area (Å²) >= 11 is 0. The van der Waals surface area contributed by atoms with Crippen LogP contribution in [0.2, 0.25) is 0 Å². The molecule has 1 aromatic carbocycles. The molecule has 110 valence electrons. The Kier molecular flexibility index (Phi) is 4.42. The Morgan fingerprint density at radius 1 is 1.40 bits per heavy atom. The number of carbonyl (C=O) groups is 1. The molecule has 1 aliphatic heterocycles. The van der Waals surface area contributed by atoms with Crippen LogP contribution in [-0.4, -0.2) is 38.2 Å². The second-order valence-corrected chi connectivity index (χ2v) is 6.52. The molecular weight excluding hydrogens is 282 g/mol. The minimum Gasteiger partial charge on any atom is -0.479 e. The van der Waals surface area contributed by atoms with Gasteiger partial charge in [0.15, 0.2) is 6.10 Å². The van der Waals surface area contributed by atoms with Crippen molar-refractivity contribution in [2.45, 2.75) is 36.9 Å². The van der Waals surface area contributed by atoms with E-state index in [0.717, 1.165) is 0 Å². The first kappa shape index (κ1) is 15.0. The van der Waals surface area contributed by atoms with Crippen molar-refractivity contribution >= 4 is 16.0 Å². The number of nitrogens with one attached hydrogen (secondary N) is 1. The predicted octanol–water partition coefficient (Wildman–Crippen LogP) is 0.906. The number of carboxylic acid groups (broad SMARTS) is 1. The maximum Gasteiger partial charge on any atom is 0.332 e. The molecule has 2 unspecified atom stereocenters. The smallest absolute Gasteiger partial charge is 0.332 e. The summed E-state index contributed by atoms with van der Waals surface area (Å²) in [6, 6.07) is 6.69. The first-order valence-corrected chi connectivity index (χ1v) is 7.82. The molecular formula is C13H17NO5S. The topological polar surface area (TPSA) is 92.7 Å². The molecule has 0 bridgehead atoms. The Bertz CT molecular complexity index is 599. The van der Waals surface area contributed by atoms with E-state index < -0.39 is 28.2 Å². The zero-order chi connectivity index (χ0) is 14.8. The molecule has 2 N–H and O–H groups in total. The maximum absolute atomic E-state index is 12.1. The van der Waals surface area contributed by atoms with E-state index in [4.69, 9.17) is 9.84 Å². The molecule has 6 nitrogen and oxygen atoms in total. The zero-order valence-corrected chi connectivity index (χ0v) is 11.9. The van der Waals surface area contributed by atoms with Gasteiger partial charge in [-0.25, -0.2) is 17.9 Å². The molecule has 1 heterocycles. The van der Waals surface area contributed by atoms with Gasteiger partial charge in [-0.05, 0) is 31.4 Å². The van der Waals surface area contributed by atoms with E-state index in [9.17, 15) is 13.2 Å². The molecule has 0 aliphatic carbocycles. The van der Waals surface area contributed by atoms with Crippen LogP contribution >= 0.6 is 0 Å². The van der Waals surface area contributed by atoms with Gasteiger partial charge in [-0.1, -0.05) is 18.2 Å². The number of aryl methyl sites for hydroxylation is 1. The molecule has 2 atom stereocenters. The lowest BCUT2D eigenvalue weighted by Gasteiger charge is -2.13. The van der Waals surface area contributed by atoms with Gasteiger partial charge in [-0.3, -0.25) is 0 Å². The number of aliphatic carboxylic acids is 1. The first-order chi connectivity index (χ1) is 9.40. The van der Waals surface area contributed by atoms with Crippen molar-refractivity contribution in [2.75, 3.05) is 6.54 Å². The highest BCUT2D eigenvalue weighted by molar-refractivity contribution is 7.89. The van der Waals surface area contributed by atoms with Crippen molar-refractivity contribution in [1.29, 1.82) is 0 Å². The molecule has 0 spiro atoms. The monoisotopic (exact) mass is 299 g/mol. The van der Waals surface area contributed by atoms with Crippen LogP contribution < -0.4 is 4.72 Å². The number of ether oxygens (including phenoxy) is 1. The van der Waals surface area contributed by atoms with Gasteiger partial charge >= 0.3 is 5.97 Å². The average Bonchev–Trinajstić information content (AvgIpc) is 2.86. The van der Waals surface area contributed by atoms with E-state index in [2.05, 4.69) is 4.72 Å². The first-order valence-electron chi connectivity index (χ1n) is 6.34. The van der Waals surface area contributed by atoms with E-state index in [-0.39, 0.29) is 11.4 Å². The van der Waals surface area contributed by atoms with Gasteiger partial charge in [0.2, 0.25) is 10.0 Å². The molecule has 0 radical (unpaired) electrons. The molecule has 0 saturated carbocycles. The van der Waals surface area contributed by atoms with Crippen LogP contribution in [0.5, 0.6) is 0 Å². The molecule has 1 aromatic rings. The summed E-state index contributed by atoms with van der Waals surface area (Å²) < 4.78 is 32.0. The predicted molar refractivity (Wildman–Crippen MR) is 71.9 cm³/mol. The van der Waals surface area contributed by atoms with E-state index in [0.29, 0.717) is 18.4 Å². The Morgan fingerprint density at radius 3 is 2.70 bits per heavy atom. The highest BCUT2D eigenvalue weighted by Crippen LogP contribution is 2.20. The SMILES string of the molecule is Cc1ccccc1S(=O)(=O)NCC1CCC(C(=O)O)O1. The standard InChI is InChI=1S/C13H17NO5S/c1-9-4-2-3-5-12(9)20(17,18)14-8-10-6-7-11(19-10)13(15)16/h2-5,10-11,14H,6-8H2,1H3,(H,15,16). The van der Waals surface area contributed by atoms with Crippen LogP contribution in [0.15, 0.2) is 29.2 Å². The van der Waals surface area contributed by atoms with Gasteiger partial charge in [0.25, 0.3) is 0 Å². The van der Waals surface area contributed by atoms with Crippen LogP contribution in [-0.2, 0) is 19.6 Å². The van der Waals surface area contributed by atoms with E-state index in [1.807, 2.05) is 0 Å². The second-order valence-electron chi connectivity index (χ2n) is 4.78. The van der Waals surface area contributed by atoms with Gasteiger partial charge < -0.3 is 9.84 Å². The summed E-state index contributed by atoms with van der Waals surface area (Å²) in [7, 11) is -3.59. The molecule has 0 amide bonds. The van der Waals surface area contributed by atoms with Gasteiger partial charge in [0, 0.05) is 6.54 Å². The maximum atomic E-state index is 12.1. The quantitative estimate of drug-likeness (QED) is 0.843. The van der Waals surface area contributed by atoms with Crippen molar-refractivity contribution in [3.8, 4) is 0 Å². The summed E-state index contributed by atoms with van der Waals surface area (Å²) in [5.41, 5.74) is 0.663. The second kappa shape index (κ2) is 5.90. The molecule has 0 aromatic heterocycles. The number of carboxylic acids is 1. The van der Waals surface area contributed by atoms with Gasteiger partial charge in [0.05, 0.1) is 11.0 Å². The molecule has 7 heteroatoms. The fraction of sp³-hybridized carbons (Fsp3) is 0.462. The van der Waals surface area contributed by atoms with Crippen LogP contribution in [0.3, 0.4) is 0 Å². The van der Waals surface area contributed by atoms with Gasteiger partial charge in [-0.2, -0.15) is 0 Å². The lowest BCUT2D eigenvalue weighted by atomic mass is 10.2. The third-order valence-electron chi connectivity index (χ3n) is 3.27. The Morgan fingerprint density at radius 2 is 2.10 bits per heavy atom. The molecule has 20 heavy (non-hydrogen) atoms. The summed E-state index contributed by atoms with van der Waals surface area (Å²) in [6.45, 7) is 1.81. The summed E-state index contributed by atoms with van der Waals surface area (Å²) in [5.74, 6) is -1.01. The number of sulfonamides is 1. The normalized spacial score (nSPS) is 22.9. The number of hydrogen-bond donors (Lipinski definition) is 2. The van der Waals surface area contributed by atoms with Crippen molar-refractivity contribution in [3.05, 3.63) is 29.8 Å². The summed E-state index contributed by atoms with van der Waals surface area (Å²) in [5, 5.41) is 8.81. The van der Waals surface area contributed by atoms with Crippen molar-refractivity contribution in [3.63, 3.8) is 0 Å². The number of benzene rings is 1. The Hall–Kier alpha value is -1.44. The fourth-order valence-electron chi connectivity index (χ4n) is 2.18. The van der Waals surface area contributed by atoms with E-state index >= 15 is 0 Å². The fourth-order valence-corrected chi connectivity index (χ4v) is 3.49. The van der Waals surface area contributed by atoms with Crippen molar-refractivity contribution in [2.24, 2.45) is 0 Å². The lowest BCUT2D eigenvalue weighted by molar-refractivity contribution is -0.149. The van der Waals surface area contributed by atoms with Crippen LogP contribution in [0.25, 0.3) is 0 Å². The highest BCUT2D eigenvalue weighted by atomic mass is 32.2. The van der Waals surface area contributed by atoms with Crippen LogP contribution in [0.1, 0.15) is 18.4 Å².